The summed E-state index contributed by atoms with van der Waals surface area (Å²) in [7, 11) is -3.21. The van der Waals surface area contributed by atoms with Crippen molar-refractivity contribution in [2.75, 3.05) is 52.1 Å². The Kier molecular flexibility index (Phi) is 7.12. The maximum absolute atomic E-state index is 13.6. The molecule has 204 valence electrons. The van der Waals surface area contributed by atoms with Crippen LogP contribution in [0.25, 0.3) is 0 Å². The summed E-state index contributed by atoms with van der Waals surface area (Å²) < 4.78 is 23.5. The summed E-state index contributed by atoms with van der Waals surface area (Å²) in [5.41, 5.74) is 2.26. The lowest BCUT2D eigenvalue weighted by molar-refractivity contribution is -0.139. The SMILES string of the molecule is CS(=O)(=O)c1ccc(CN2CCC3(CCN(C[C@H]4CN(CC5CC5)CC4c4ccccc4)CC3)C2=O)cc1. The molecule has 1 aliphatic carbocycles. The summed E-state index contributed by atoms with van der Waals surface area (Å²) in [6.07, 6.45) is 6.87. The maximum Gasteiger partial charge on any atom is 0.229 e. The van der Waals surface area contributed by atoms with Crippen LogP contribution in [0.15, 0.2) is 59.5 Å². The lowest BCUT2D eigenvalue weighted by Gasteiger charge is -2.39. The molecule has 6 rings (SSSR count). The molecule has 4 fully saturated rings. The summed E-state index contributed by atoms with van der Waals surface area (Å²) >= 11 is 0. The highest BCUT2D eigenvalue weighted by atomic mass is 32.2. The van der Waals surface area contributed by atoms with Crippen molar-refractivity contribution in [2.24, 2.45) is 17.3 Å². The molecule has 1 saturated carbocycles. The first-order valence-corrected chi connectivity index (χ1v) is 16.3. The van der Waals surface area contributed by atoms with Gasteiger partial charge in [-0.3, -0.25) is 4.79 Å². The Morgan fingerprint density at radius 1 is 0.842 bits per heavy atom. The first kappa shape index (κ1) is 26.0. The van der Waals surface area contributed by atoms with Gasteiger partial charge in [-0.1, -0.05) is 42.5 Å². The van der Waals surface area contributed by atoms with Crippen molar-refractivity contribution in [1.82, 2.24) is 14.7 Å². The van der Waals surface area contributed by atoms with Gasteiger partial charge in [-0.25, -0.2) is 8.42 Å². The van der Waals surface area contributed by atoms with Crippen LogP contribution in [0, 0.1) is 17.3 Å². The number of nitrogens with zero attached hydrogens (tertiary/aromatic N) is 3. The Balaban J connectivity index is 1.05. The van der Waals surface area contributed by atoms with Crippen LogP contribution in [-0.4, -0.2) is 81.1 Å². The summed E-state index contributed by atoms with van der Waals surface area (Å²) in [5, 5.41) is 0. The molecule has 1 spiro atoms. The zero-order valence-corrected chi connectivity index (χ0v) is 23.4. The molecule has 3 heterocycles. The van der Waals surface area contributed by atoms with Crippen molar-refractivity contribution in [2.45, 2.75) is 49.5 Å². The van der Waals surface area contributed by atoms with Crippen LogP contribution >= 0.6 is 0 Å². The molecule has 3 aliphatic heterocycles. The van der Waals surface area contributed by atoms with Gasteiger partial charge in [0.25, 0.3) is 0 Å². The van der Waals surface area contributed by atoms with Gasteiger partial charge in [0.2, 0.25) is 5.91 Å². The summed E-state index contributed by atoms with van der Waals surface area (Å²) in [6.45, 7) is 8.13. The molecule has 1 amide bonds. The van der Waals surface area contributed by atoms with E-state index in [9.17, 15) is 13.2 Å². The fourth-order valence-electron chi connectivity index (χ4n) is 7.10. The molecular weight excluding hydrogens is 494 g/mol. The highest BCUT2D eigenvalue weighted by Crippen LogP contribution is 2.43. The zero-order chi connectivity index (χ0) is 26.3. The molecule has 4 aliphatic rings. The van der Waals surface area contributed by atoms with Crippen molar-refractivity contribution < 1.29 is 13.2 Å². The van der Waals surface area contributed by atoms with E-state index in [1.807, 2.05) is 17.0 Å². The second kappa shape index (κ2) is 10.4. The molecule has 0 bridgehead atoms. The third-order valence-corrected chi connectivity index (χ3v) is 10.7. The van der Waals surface area contributed by atoms with E-state index < -0.39 is 9.84 Å². The molecule has 38 heavy (non-hydrogen) atoms. The van der Waals surface area contributed by atoms with Crippen molar-refractivity contribution in [3.05, 3.63) is 65.7 Å². The third-order valence-electron chi connectivity index (χ3n) is 9.59. The van der Waals surface area contributed by atoms with Crippen molar-refractivity contribution >= 4 is 15.7 Å². The number of hydrogen-bond donors (Lipinski definition) is 0. The predicted octanol–water partition coefficient (Wildman–Crippen LogP) is 4.03. The van der Waals surface area contributed by atoms with Crippen LogP contribution in [-0.2, 0) is 21.2 Å². The Hall–Kier alpha value is -2.22. The van der Waals surface area contributed by atoms with Crippen LogP contribution in [0.3, 0.4) is 0 Å². The molecule has 3 saturated heterocycles. The van der Waals surface area contributed by atoms with E-state index in [-0.39, 0.29) is 5.41 Å². The van der Waals surface area contributed by atoms with Gasteiger partial charge >= 0.3 is 0 Å². The van der Waals surface area contributed by atoms with E-state index >= 15 is 0 Å². The standard InChI is InChI=1S/C31H41N3O3S/c1-38(36,37)28-11-9-25(10-12-28)20-34-18-15-31(30(34)35)13-16-32(17-14-31)21-27-22-33(19-24-7-8-24)23-29(27)26-5-3-2-4-6-26/h2-6,9-12,24,27,29H,7-8,13-23H2,1H3/t27-,29?/m0/s1. The van der Waals surface area contributed by atoms with Crippen molar-refractivity contribution in [3.8, 4) is 0 Å². The second-order valence-electron chi connectivity index (χ2n) is 12.4. The van der Waals surface area contributed by atoms with Crippen LogP contribution < -0.4 is 0 Å². The molecule has 2 aromatic rings. The van der Waals surface area contributed by atoms with E-state index in [0.29, 0.717) is 29.2 Å². The first-order valence-electron chi connectivity index (χ1n) is 14.4. The maximum atomic E-state index is 13.6. The largest absolute Gasteiger partial charge is 0.338 e. The molecule has 1 unspecified atom stereocenters. The smallest absolute Gasteiger partial charge is 0.229 e. The lowest BCUT2D eigenvalue weighted by Crippen LogP contribution is -2.46. The van der Waals surface area contributed by atoms with Gasteiger partial charge in [-0.2, -0.15) is 0 Å². The van der Waals surface area contributed by atoms with E-state index in [2.05, 4.69) is 40.1 Å². The normalized spacial score (nSPS) is 26.4. The molecule has 7 heteroatoms. The molecular formula is C31H41N3O3S. The zero-order valence-electron chi connectivity index (χ0n) is 22.6. The monoisotopic (exact) mass is 535 g/mol. The quantitative estimate of drug-likeness (QED) is 0.511. The molecule has 0 N–H and O–H groups in total. The number of rotatable bonds is 8. The Morgan fingerprint density at radius 3 is 2.18 bits per heavy atom. The minimum absolute atomic E-state index is 0.213. The number of hydrogen-bond acceptors (Lipinski definition) is 5. The van der Waals surface area contributed by atoms with Gasteiger partial charge in [0.1, 0.15) is 0 Å². The van der Waals surface area contributed by atoms with Gasteiger partial charge in [0.05, 0.1) is 10.3 Å². The Bertz CT molecular complexity index is 1230. The van der Waals surface area contributed by atoms with E-state index in [1.54, 1.807) is 12.1 Å². The average molecular weight is 536 g/mol. The van der Waals surface area contributed by atoms with E-state index in [4.69, 9.17) is 0 Å². The van der Waals surface area contributed by atoms with Crippen LogP contribution in [0.1, 0.15) is 49.1 Å². The van der Waals surface area contributed by atoms with Crippen LogP contribution in [0.2, 0.25) is 0 Å². The predicted molar refractivity (Wildman–Crippen MR) is 150 cm³/mol. The number of amides is 1. The molecule has 0 aromatic heterocycles. The number of benzene rings is 2. The lowest BCUT2D eigenvalue weighted by atomic mass is 9.76. The van der Waals surface area contributed by atoms with Gasteiger partial charge in [-0.15, -0.1) is 0 Å². The van der Waals surface area contributed by atoms with E-state index in [0.717, 1.165) is 56.9 Å². The highest BCUT2D eigenvalue weighted by molar-refractivity contribution is 7.90. The number of carbonyl (C=O) groups is 1. The van der Waals surface area contributed by atoms with Crippen LogP contribution in [0.4, 0.5) is 0 Å². The number of piperidine rings is 1. The van der Waals surface area contributed by atoms with Gasteiger partial charge in [0.15, 0.2) is 9.84 Å². The molecule has 0 radical (unpaired) electrons. The topological polar surface area (TPSA) is 60.9 Å². The average Bonchev–Trinajstić information content (AvgIpc) is 3.57. The van der Waals surface area contributed by atoms with Crippen molar-refractivity contribution in [3.63, 3.8) is 0 Å². The summed E-state index contributed by atoms with van der Waals surface area (Å²) in [4.78, 5) is 21.2. The molecule has 2 atom stereocenters. The van der Waals surface area contributed by atoms with Crippen molar-refractivity contribution in [1.29, 1.82) is 0 Å². The fourth-order valence-corrected chi connectivity index (χ4v) is 7.73. The minimum Gasteiger partial charge on any atom is -0.338 e. The Morgan fingerprint density at radius 2 is 1.53 bits per heavy atom. The number of sulfone groups is 1. The minimum atomic E-state index is -3.21. The van der Waals surface area contributed by atoms with Gasteiger partial charge in [0, 0.05) is 51.4 Å². The summed E-state index contributed by atoms with van der Waals surface area (Å²) in [6, 6.07) is 18.1. The van der Waals surface area contributed by atoms with Crippen LogP contribution in [0.5, 0.6) is 0 Å². The Labute approximate surface area is 227 Å². The first-order chi connectivity index (χ1) is 18.3. The molecule has 2 aromatic carbocycles. The van der Waals surface area contributed by atoms with E-state index in [1.165, 1.54) is 44.3 Å². The van der Waals surface area contributed by atoms with Gasteiger partial charge < -0.3 is 14.7 Å². The second-order valence-corrected chi connectivity index (χ2v) is 14.4. The molecule has 6 nitrogen and oxygen atoms in total. The fraction of sp³-hybridized carbons (Fsp3) is 0.581. The number of carbonyl (C=O) groups excluding carboxylic acids is 1. The number of likely N-dealkylation sites (tertiary alicyclic amines) is 3. The third kappa shape index (κ3) is 5.56. The van der Waals surface area contributed by atoms with Gasteiger partial charge in [-0.05, 0) is 80.3 Å². The highest BCUT2D eigenvalue weighted by Gasteiger charge is 2.48. The summed E-state index contributed by atoms with van der Waals surface area (Å²) in [5.74, 6) is 2.47.